The molecule has 2 saturated heterocycles. The molecule has 5 atom stereocenters. The number of carbonyl (C=O) groups excluding carboxylic acids is 1. The van der Waals surface area contributed by atoms with E-state index >= 15 is 0 Å². The SMILES string of the molecule is O=C(Cc1ccccc1Cl)N=C1S[C@@H]2CS(=O)(=O)C[C@H]2N1[C@H]1C[C@H]2CC[C@H]1C2. The fourth-order valence-corrected chi connectivity index (χ4v) is 9.67. The fourth-order valence-electron chi connectivity index (χ4n) is 5.48. The Labute approximate surface area is 174 Å². The first kappa shape index (κ1) is 18.9. The molecule has 2 saturated carbocycles. The highest BCUT2D eigenvalue weighted by molar-refractivity contribution is 8.15. The van der Waals surface area contributed by atoms with Crippen LogP contribution in [0.5, 0.6) is 0 Å². The molecule has 4 fully saturated rings. The maximum Gasteiger partial charge on any atom is 0.252 e. The molecule has 28 heavy (non-hydrogen) atoms. The Morgan fingerprint density at radius 2 is 2.00 bits per heavy atom. The van der Waals surface area contributed by atoms with Crippen LogP contribution in [0.3, 0.4) is 0 Å². The first-order chi connectivity index (χ1) is 13.4. The van der Waals surface area contributed by atoms with Crippen LogP contribution in [0.1, 0.15) is 31.2 Å². The fraction of sp³-hybridized carbons (Fsp3) is 0.600. The van der Waals surface area contributed by atoms with Gasteiger partial charge in [0.1, 0.15) is 0 Å². The number of hydrogen-bond donors (Lipinski definition) is 0. The Morgan fingerprint density at radius 1 is 1.18 bits per heavy atom. The van der Waals surface area contributed by atoms with E-state index in [9.17, 15) is 13.2 Å². The van der Waals surface area contributed by atoms with E-state index in [1.54, 1.807) is 6.07 Å². The molecule has 150 valence electrons. The van der Waals surface area contributed by atoms with E-state index in [-0.39, 0.29) is 35.1 Å². The summed E-state index contributed by atoms with van der Waals surface area (Å²) in [6.45, 7) is 0. The number of aliphatic imine (C=N–C) groups is 1. The molecule has 1 amide bonds. The molecule has 2 heterocycles. The largest absolute Gasteiger partial charge is 0.343 e. The summed E-state index contributed by atoms with van der Waals surface area (Å²) in [6.07, 6.45) is 5.00. The lowest BCUT2D eigenvalue weighted by Crippen LogP contribution is -2.47. The van der Waals surface area contributed by atoms with Crippen LogP contribution >= 0.6 is 23.4 Å². The van der Waals surface area contributed by atoms with Gasteiger partial charge in [0.25, 0.3) is 5.91 Å². The van der Waals surface area contributed by atoms with Crippen molar-refractivity contribution in [3.05, 3.63) is 34.9 Å². The monoisotopic (exact) mass is 438 g/mol. The Bertz CT molecular complexity index is 949. The van der Waals surface area contributed by atoms with Gasteiger partial charge in [-0.1, -0.05) is 48.0 Å². The summed E-state index contributed by atoms with van der Waals surface area (Å²) >= 11 is 7.68. The maximum absolute atomic E-state index is 12.7. The van der Waals surface area contributed by atoms with E-state index in [0.717, 1.165) is 23.1 Å². The van der Waals surface area contributed by atoms with Gasteiger partial charge in [-0.05, 0) is 42.7 Å². The van der Waals surface area contributed by atoms with Crippen molar-refractivity contribution in [3.63, 3.8) is 0 Å². The van der Waals surface area contributed by atoms with Gasteiger partial charge < -0.3 is 4.90 Å². The second kappa shape index (κ2) is 7.03. The first-order valence-corrected chi connectivity index (χ1v) is 13.0. The Hall–Kier alpha value is -1.05. The van der Waals surface area contributed by atoms with Crippen molar-refractivity contribution < 1.29 is 13.2 Å². The molecule has 4 aliphatic rings. The highest BCUT2D eigenvalue weighted by Gasteiger charge is 2.54. The third kappa shape index (κ3) is 3.39. The number of sulfone groups is 1. The molecule has 0 unspecified atom stereocenters. The third-order valence-electron chi connectivity index (χ3n) is 6.68. The second-order valence-electron chi connectivity index (χ2n) is 8.51. The van der Waals surface area contributed by atoms with Gasteiger partial charge in [0.05, 0.1) is 24.0 Å². The van der Waals surface area contributed by atoms with Crippen LogP contribution in [-0.2, 0) is 21.1 Å². The Balaban J connectivity index is 1.42. The molecule has 0 spiro atoms. The Morgan fingerprint density at radius 3 is 2.71 bits per heavy atom. The molecule has 8 heteroatoms. The quantitative estimate of drug-likeness (QED) is 0.725. The van der Waals surface area contributed by atoms with E-state index in [2.05, 4.69) is 9.89 Å². The van der Waals surface area contributed by atoms with E-state index in [1.165, 1.54) is 31.0 Å². The van der Waals surface area contributed by atoms with Crippen molar-refractivity contribution in [1.29, 1.82) is 0 Å². The summed E-state index contributed by atoms with van der Waals surface area (Å²) < 4.78 is 24.4. The van der Waals surface area contributed by atoms with Crippen LogP contribution in [-0.4, -0.2) is 53.2 Å². The third-order valence-corrected chi connectivity index (χ3v) is 10.3. The van der Waals surface area contributed by atoms with Crippen LogP contribution in [0.4, 0.5) is 0 Å². The number of nitrogens with zero attached hydrogens (tertiary/aromatic N) is 2. The molecule has 1 aromatic carbocycles. The number of hydrogen-bond acceptors (Lipinski definition) is 4. The number of benzene rings is 1. The van der Waals surface area contributed by atoms with E-state index in [4.69, 9.17) is 11.6 Å². The molecule has 2 aliphatic heterocycles. The number of carbonyl (C=O) groups is 1. The number of fused-ring (bicyclic) bond motifs is 3. The molecule has 5 rings (SSSR count). The lowest BCUT2D eigenvalue weighted by atomic mass is 9.93. The Kier molecular flexibility index (Phi) is 4.75. The summed E-state index contributed by atoms with van der Waals surface area (Å²) in [7, 11) is -3.01. The molecular weight excluding hydrogens is 416 g/mol. The van der Waals surface area contributed by atoms with Gasteiger partial charge in [0.2, 0.25) is 0 Å². The summed E-state index contributed by atoms with van der Waals surface area (Å²) in [5.41, 5.74) is 0.774. The predicted octanol–water partition coefficient (Wildman–Crippen LogP) is 3.17. The zero-order valence-corrected chi connectivity index (χ0v) is 17.8. The molecule has 0 aromatic heterocycles. The summed E-state index contributed by atoms with van der Waals surface area (Å²) in [5.74, 6) is 1.52. The molecule has 0 radical (unpaired) electrons. The van der Waals surface area contributed by atoms with E-state index in [0.29, 0.717) is 17.0 Å². The second-order valence-corrected chi connectivity index (χ2v) is 12.3. The maximum atomic E-state index is 12.7. The number of thioether (sulfide) groups is 1. The smallest absolute Gasteiger partial charge is 0.252 e. The van der Waals surface area contributed by atoms with Crippen LogP contribution < -0.4 is 0 Å². The number of rotatable bonds is 3. The van der Waals surface area contributed by atoms with Crippen LogP contribution in [0.2, 0.25) is 5.02 Å². The number of amides is 1. The zero-order valence-electron chi connectivity index (χ0n) is 15.5. The van der Waals surface area contributed by atoms with Crippen molar-refractivity contribution >= 4 is 44.3 Å². The van der Waals surface area contributed by atoms with Crippen LogP contribution in [0.25, 0.3) is 0 Å². The lowest BCUT2D eigenvalue weighted by molar-refractivity contribution is -0.117. The molecule has 1 aromatic rings. The predicted molar refractivity (Wildman–Crippen MR) is 112 cm³/mol. The average molecular weight is 439 g/mol. The lowest BCUT2D eigenvalue weighted by Gasteiger charge is -2.36. The van der Waals surface area contributed by atoms with Gasteiger partial charge in [-0.25, -0.2) is 8.42 Å². The van der Waals surface area contributed by atoms with Gasteiger partial charge >= 0.3 is 0 Å². The van der Waals surface area contributed by atoms with Gasteiger partial charge in [-0.2, -0.15) is 4.99 Å². The summed E-state index contributed by atoms with van der Waals surface area (Å²) in [4.78, 5) is 19.4. The molecule has 5 nitrogen and oxygen atoms in total. The van der Waals surface area contributed by atoms with Crippen molar-refractivity contribution in [1.82, 2.24) is 4.90 Å². The minimum atomic E-state index is -3.01. The summed E-state index contributed by atoms with van der Waals surface area (Å²) in [5, 5.41) is 1.30. The van der Waals surface area contributed by atoms with Gasteiger partial charge in [0.15, 0.2) is 15.0 Å². The minimum absolute atomic E-state index is 0.00371. The van der Waals surface area contributed by atoms with Crippen molar-refractivity contribution in [2.45, 2.75) is 49.4 Å². The van der Waals surface area contributed by atoms with Crippen LogP contribution in [0, 0.1) is 11.8 Å². The standard InChI is InChI=1S/C20H23ClN2O3S2/c21-15-4-2-1-3-13(15)9-19(24)22-20-23(16-8-12-5-6-14(16)7-12)17-10-28(25,26)11-18(17)27-20/h1-4,12,14,16-18H,5-11H2/t12-,14-,16-,17+,18+/m0/s1. The molecule has 2 aliphatic carbocycles. The average Bonchev–Trinajstić information content (AvgIpc) is 3.36. The van der Waals surface area contributed by atoms with Crippen LogP contribution in [0.15, 0.2) is 29.3 Å². The summed E-state index contributed by atoms with van der Waals surface area (Å²) in [6, 6.07) is 7.62. The van der Waals surface area contributed by atoms with Crippen molar-refractivity contribution in [2.75, 3.05) is 11.5 Å². The normalized spacial score (nSPS) is 37.0. The minimum Gasteiger partial charge on any atom is -0.343 e. The van der Waals surface area contributed by atoms with E-state index < -0.39 is 9.84 Å². The zero-order chi connectivity index (χ0) is 19.5. The molecule has 0 N–H and O–H groups in total. The van der Waals surface area contributed by atoms with Crippen molar-refractivity contribution in [3.8, 4) is 0 Å². The van der Waals surface area contributed by atoms with Gasteiger partial charge in [0, 0.05) is 16.3 Å². The van der Waals surface area contributed by atoms with Gasteiger partial charge in [-0.3, -0.25) is 4.79 Å². The highest BCUT2D eigenvalue weighted by atomic mass is 35.5. The van der Waals surface area contributed by atoms with E-state index in [1.807, 2.05) is 18.2 Å². The first-order valence-electron chi connectivity index (χ1n) is 9.90. The topological polar surface area (TPSA) is 66.8 Å². The highest BCUT2D eigenvalue weighted by Crippen LogP contribution is 2.51. The molecular formula is C20H23ClN2O3S2. The molecule has 2 bridgehead atoms. The number of halogens is 1. The number of amidine groups is 1. The van der Waals surface area contributed by atoms with Crippen molar-refractivity contribution in [2.24, 2.45) is 16.8 Å². The van der Waals surface area contributed by atoms with Gasteiger partial charge in [-0.15, -0.1) is 0 Å².